The lowest BCUT2D eigenvalue weighted by atomic mass is 9.85. The van der Waals surface area contributed by atoms with Gasteiger partial charge in [-0.1, -0.05) is 18.6 Å². The van der Waals surface area contributed by atoms with E-state index < -0.39 is 0 Å². The molecule has 0 atom stereocenters. The van der Waals surface area contributed by atoms with Crippen molar-refractivity contribution in [2.45, 2.75) is 25.8 Å². The van der Waals surface area contributed by atoms with Crippen LogP contribution in [0.5, 0.6) is 5.75 Å². The van der Waals surface area contributed by atoms with Crippen molar-refractivity contribution in [3.63, 3.8) is 0 Å². The maximum Gasteiger partial charge on any atom is 0.115 e. The van der Waals surface area contributed by atoms with Crippen LogP contribution in [0.2, 0.25) is 0 Å². The van der Waals surface area contributed by atoms with Gasteiger partial charge in [-0.2, -0.15) is 0 Å². The topological polar surface area (TPSA) is 32.3 Å². The molecule has 2 nitrogen and oxygen atoms in total. The molecule has 1 aliphatic rings. The molecular weight excluding hydrogens is 174 g/mol. The van der Waals surface area contributed by atoms with Crippen molar-refractivity contribution < 1.29 is 5.11 Å². The summed E-state index contributed by atoms with van der Waals surface area (Å²) in [5.74, 6) is 1.25. The van der Waals surface area contributed by atoms with E-state index in [1.807, 2.05) is 18.2 Å². The molecule has 76 valence electrons. The van der Waals surface area contributed by atoms with E-state index in [1.165, 1.54) is 19.3 Å². The molecule has 1 saturated carbocycles. The Hall–Kier alpha value is -1.02. The predicted molar refractivity (Wildman–Crippen MR) is 57.2 cm³/mol. The Morgan fingerprint density at radius 1 is 1.36 bits per heavy atom. The van der Waals surface area contributed by atoms with Crippen LogP contribution in [0, 0.1) is 5.92 Å². The van der Waals surface area contributed by atoms with Crippen LogP contribution in [-0.4, -0.2) is 11.7 Å². The van der Waals surface area contributed by atoms with Crippen LogP contribution in [0.1, 0.15) is 24.8 Å². The second-order valence-corrected chi connectivity index (χ2v) is 4.10. The van der Waals surface area contributed by atoms with Crippen LogP contribution in [0.15, 0.2) is 24.3 Å². The van der Waals surface area contributed by atoms with Gasteiger partial charge in [-0.25, -0.2) is 0 Å². The first kappa shape index (κ1) is 9.53. The molecule has 2 rings (SSSR count). The van der Waals surface area contributed by atoms with Gasteiger partial charge >= 0.3 is 0 Å². The van der Waals surface area contributed by atoms with Gasteiger partial charge in [0.1, 0.15) is 5.75 Å². The molecule has 0 bridgehead atoms. The molecule has 14 heavy (non-hydrogen) atoms. The number of rotatable bonds is 4. The van der Waals surface area contributed by atoms with E-state index in [2.05, 4.69) is 5.32 Å². The van der Waals surface area contributed by atoms with Crippen LogP contribution in [0.3, 0.4) is 0 Å². The first-order chi connectivity index (χ1) is 6.84. The number of phenols is 1. The highest BCUT2D eigenvalue weighted by Gasteiger charge is 2.16. The second kappa shape index (κ2) is 4.47. The van der Waals surface area contributed by atoms with Gasteiger partial charge in [-0.3, -0.25) is 0 Å². The summed E-state index contributed by atoms with van der Waals surface area (Å²) in [6.45, 7) is 1.99. The Labute approximate surface area is 85.0 Å². The van der Waals surface area contributed by atoms with E-state index >= 15 is 0 Å². The average molecular weight is 191 g/mol. The fourth-order valence-electron chi connectivity index (χ4n) is 1.78. The average Bonchev–Trinajstić information content (AvgIpc) is 2.09. The quantitative estimate of drug-likeness (QED) is 0.765. The molecule has 0 aromatic heterocycles. The van der Waals surface area contributed by atoms with E-state index in [0.717, 1.165) is 24.6 Å². The standard InChI is InChI=1S/C12H17NO/c14-12-6-2-5-11(7-12)9-13-8-10-3-1-4-10/h2,5-7,10,13-14H,1,3-4,8-9H2. The van der Waals surface area contributed by atoms with Crippen molar-refractivity contribution in [1.29, 1.82) is 0 Å². The van der Waals surface area contributed by atoms with E-state index in [1.54, 1.807) is 6.07 Å². The zero-order chi connectivity index (χ0) is 9.80. The Morgan fingerprint density at radius 3 is 2.86 bits per heavy atom. The van der Waals surface area contributed by atoms with Crippen LogP contribution >= 0.6 is 0 Å². The fourth-order valence-corrected chi connectivity index (χ4v) is 1.78. The van der Waals surface area contributed by atoms with Gasteiger partial charge in [-0.05, 0) is 43.0 Å². The minimum Gasteiger partial charge on any atom is -0.508 e. The maximum atomic E-state index is 9.25. The predicted octanol–water partition coefficient (Wildman–Crippen LogP) is 2.28. The minimum absolute atomic E-state index is 0.355. The van der Waals surface area contributed by atoms with E-state index in [0.29, 0.717) is 5.75 Å². The highest BCUT2D eigenvalue weighted by Crippen LogP contribution is 2.25. The van der Waals surface area contributed by atoms with E-state index in [9.17, 15) is 5.11 Å². The molecule has 0 unspecified atom stereocenters. The van der Waals surface area contributed by atoms with Gasteiger partial charge in [0.2, 0.25) is 0 Å². The second-order valence-electron chi connectivity index (χ2n) is 4.10. The summed E-state index contributed by atoms with van der Waals surface area (Å²) in [5.41, 5.74) is 1.16. The zero-order valence-corrected chi connectivity index (χ0v) is 8.37. The maximum absolute atomic E-state index is 9.25. The van der Waals surface area contributed by atoms with Crippen LogP contribution in [-0.2, 0) is 6.54 Å². The Kier molecular flexibility index (Phi) is 3.04. The van der Waals surface area contributed by atoms with Crippen LogP contribution in [0.25, 0.3) is 0 Å². The van der Waals surface area contributed by atoms with Crippen LogP contribution < -0.4 is 5.32 Å². The molecule has 2 heteroatoms. The first-order valence-corrected chi connectivity index (χ1v) is 5.33. The smallest absolute Gasteiger partial charge is 0.115 e. The summed E-state index contributed by atoms with van der Waals surface area (Å²) >= 11 is 0. The lowest BCUT2D eigenvalue weighted by Crippen LogP contribution is -2.26. The molecule has 0 spiro atoms. The van der Waals surface area contributed by atoms with Gasteiger partial charge in [0.15, 0.2) is 0 Å². The lowest BCUT2D eigenvalue weighted by Gasteiger charge is -2.25. The van der Waals surface area contributed by atoms with Crippen molar-refractivity contribution in [2.24, 2.45) is 5.92 Å². The highest BCUT2D eigenvalue weighted by atomic mass is 16.3. The third-order valence-electron chi connectivity index (χ3n) is 2.90. The van der Waals surface area contributed by atoms with Gasteiger partial charge in [-0.15, -0.1) is 0 Å². The Bertz CT molecular complexity index is 294. The molecule has 0 heterocycles. The van der Waals surface area contributed by atoms with E-state index in [4.69, 9.17) is 0 Å². The molecule has 1 aromatic carbocycles. The largest absolute Gasteiger partial charge is 0.508 e. The third-order valence-corrected chi connectivity index (χ3v) is 2.90. The Balaban J connectivity index is 1.74. The molecule has 0 amide bonds. The summed E-state index contributed by atoms with van der Waals surface area (Å²) in [6, 6.07) is 7.44. The molecule has 1 fully saturated rings. The monoisotopic (exact) mass is 191 g/mol. The van der Waals surface area contributed by atoms with Gasteiger partial charge in [0, 0.05) is 6.54 Å². The number of hydrogen-bond acceptors (Lipinski definition) is 2. The summed E-state index contributed by atoms with van der Waals surface area (Å²) in [4.78, 5) is 0. The van der Waals surface area contributed by atoms with Crippen molar-refractivity contribution >= 4 is 0 Å². The first-order valence-electron chi connectivity index (χ1n) is 5.33. The van der Waals surface area contributed by atoms with Crippen molar-refractivity contribution in [2.75, 3.05) is 6.54 Å². The minimum atomic E-state index is 0.355. The molecule has 1 aliphatic carbocycles. The number of aromatic hydroxyl groups is 1. The molecule has 0 aliphatic heterocycles. The lowest BCUT2D eigenvalue weighted by molar-refractivity contribution is 0.301. The summed E-state index contributed by atoms with van der Waals surface area (Å²) in [5, 5.41) is 12.7. The molecule has 1 aromatic rings. The number of benzene rings is 1. The zero-order valence-electron chi connectivity index (χ0n) is 8.37. The van der Waals surface area contributed by atoms with Crippen molar-refractivity contribution in [1.82, 2.24) is 5.32 Å². The SMILES string of the molecule is Oc1cccc(CNCC2CCC2)c1. The third kappa shape index (κ3) is 2.48. The Morgan fingerprint density at radius 2 is 2.21 bits per heavy atom. The summed E-state index contributed by atoms with van der Waals surface area (Å²) < 4.78 is 0. The van der Waals surface area contributed by atoms with Crippen LogP contribution in [0.4, 0.5) is 0 Å². The molecule has 2 N–H and O–H groups in total. The molecule has 0 radical (unpaired) electrons. The van der Waals surface area contributed by atoms with Gasteiger partial charge in [0.25, 0.3) is 0 Å². The normalized spacial score (nSPS) is 16.6. The highest BCUT2D eigenvalue weighted by molar-refractivity contribution is 5.26. The summed E-state index contributed by atoms with van der Waals surface area (Å²) in [6.07, 6.45) is 4.17. The van der Waals surface area contributed by atoms with Gasteiger partial charge < -0.3 is 10.4 Å². The molecular formula is C12H17NO. The number of hydrogen-bond donors (Lipinski definition) is 2. The molecule has 0 saturated heterocycles. The number of nitrogens with one attached hydrogen (secondary N) is 1. The fraction of sp³-hybridized carbons (Fsp3) is 0.500. The number of phenolic OH excluding ortho intramolecular Hbond substituents is 1. The van der Waals surface area contributed by atoms with E-state index in [-0.39, 0.29) is 0 Å². The van der Waals surface area contributed by atoms with Gasteiger partial charge in [0.05, 0.1) is 0 Å². The van der Waals surface area contributed by atoms with Crippen molar-refractivity contribution in [3.05, 3.63) is 29.8 Å². The summed E-state index contributed by atoms with van der Waals surface area (Å²) in [7, 11) is 0. The van der Waals surface area contributed by atoms with Crippen molar-refractivity contribution in [3.8, 4) is 5.75 Å².